The van der Waals surface area contributed by atoms with Gasteiger partial charge in [-0.05, 0) is 18.1 Å². The molecule has 2 aromatic heterocycles. The average Bonchev–Trinajstić information content (AvgIpc) is 3.33. The highest BCUT2D eigenvalue weighted by atomic mass is 35.5. The van der Waals surface area contributed by atoms with Crippen molar-refractivity contribution in [2.45, 2.75) is 38.5 Å². The maximum absolute atomic E-state index is 13.2. The lowest BCUT2D eigenvalue weighted by Crippen LogP contribution is -2.48. The Bertz CT molecular complexity index is 836. The summed E-state index contributed by atoms with van der Waals surface area (Å²) in [5.74, 6) is -0.618. The summed E-state index contributed by atoms with van der Waals surface area (Å²) in [5, 5.41) is 20.9. The molecule has 146 valence electrons. The van der Waals surface area contributed by atoms with Gasteiger partial charge in [0.15, 0.2) is 0 Å². The first kappa shape index (κ1) is 19.8. The number of carbonyl (C=O) groups excluding carboxylic acids is 2. The summed E-state index contributed by atoms with van der Waals surface area (Å²) in [6.07, 6.45) is 1.22. The molecule has 3 atom stereocenters. The van der Waals surface area contributed by atoms with Crippen LogP contribution in [0.3, 0.4) is 0 Å². The van der Waals surface area contributed by atoms with Crippen molar-refractivity contribution in [3.05, 3.63) is 22.7 Å². The highest BCUT2D eigenvalue weighted by Gasteiger charge is 2.42. The van der Waals surface area contributed by atoms with Gasteiger partial charge in [0.1, 0.15) is 17.8 Å². The van der Waals surface area contributed by atoms with E-state index < -0.39 is 18.2 Å². The second-order valence-corrected chi connectivity index (χ2v) is 8.60. The zero-order valence-electron chi connectivity index (χ0n) is 15.3. The fourth-order valence-corrected chi connectivity index (χ4v) is 4.32. The van der Waals surface area contributed by atoms with Crippen molar-refractivity contribution in [3.8, 4) is 10.6 Å². The summed E-state index contributed by atoms with van der Waals surface area (Å²) in [5.41, 5.74) is 0.634. The lowest BCUT2D eigenvalue weighted by molar-refractivity contribution is -0.142. The molecule has 2 amide bonds. The molecule has 3 heterocycles. The van der Waals surface area contributed by atoms with Crippen LogP contribution in [0.4, 0.5) is 0 Å². The molecule has 0 aromatic carbocycles. The minimum atomic E-state index is -0.719. The zero-order valence-corrected chi connectivity index (χ0v) is 16.9. The first-order valence-electron chi connectivity index (χ1n) is 8.69. The lowest BCUT2D eigenvalue weighted by atomic mass is 10.0. The van der Waals surface area contributed by atoms with Gasteiger partial charge < -0.3 is 15.3 Å². The van der Waals surface area contributed by atoms with Crippen molar-refractivity contribution in [1.82, 2.24) is 25.2 Å². The molecule has 2 N–H and O–H groups in total. The highest BCUT2D eigenvalue weighted by Crippen LogP contribution is 2.31. The molecule has 2 unspecified atom stereocenters. The number of carbonyl (C=O) groups is 2. The van der Waals surface area contributed by atoms with E-state index in [0.717, 1.165) is 4.88 Å². The average molecular weight is 412 g/mol. The van der Waals surface area contributed by atoms with E-state index in [9.17, 15) is 14.7 Å². The number of halogens is 1. The second kappa shape index (κ2) is 7.95. The van der Waals surface area contributed by atoms with Crippen molar-refractivity contribution < 1.29 is 14.7 Å². The van der Waals surface area contributed by atoms with E-state index in [1.54, 1.807) is 12.3 Å². The molecule has 0 aliphatic carbocycles. The van der Waals surface area contributed by atoms with Gasteiger partial charge in [-0.3, -0.25) is 9.59 Å². The molecule has 27 heavy (non-hydrogen) atoms. The molecule has 1 aliphatic rings. The number of likely N-dealkylation sites (tertiary alicyclic amines) is 1. The Morgan fingerprint density at radius 3 is 2.74 bits per heavy atom. The molecule has 1 saturated heterocycles. The number of β-amino-alcohol motifs (C(OH)–C–C–N with tert-alkyl or cyclic N) is 1. The first-order chi connectivity index (χ1) is 12.8. The SMILES string of the molecule is CNC(=O)C1CC(O)CN1C(=O)[C@H](C(C)C)n1cc(-c2ccc(Cl)s2)nn1. The van der Waals surface area contributed by atoms with E-state index >= 15 is 0 Å². The van der Waals surface area contributed by atoms with Gasteiger partial charge >= 0.3 is 0 Å². The van der Waals surface area contributed by atoms with Gasteiger partial charge in [-0.25, -0.2) is 4.68 Å². The Balaban J connectivity index is 1.88. The summed E-state index contributed by atoms with van der Waals surface area (Å²) in [6, 6.07) is 2.33. The monoisotopic (exact) mass is 411 g/mol. The van der Waals surface area contributed by atoms with E-state index in [1.807, 2.05) is 19.9 Å². The lowest BCUT2D eigenvalue weighted by Gasteiger charge is -2.29. The van der Waals surface area contributed by atoms with E-state index in [4.69, 9.17) is 11.6 Å². The molecule has 0 bridgehead atoms. The summed E-state index contributed by atoms with van der Waals surface area (Å²) < 4.78 is 2.18. The minimum absolute atomic E-state index is 0.0814. The summed E-state index contributed by atoms with van der Waals surface area (Å²) in [7, 11) is 1.52. The van der Waals surface area contributed by atoms with Crippen molar-refractivity contribution >= 4 is 34.8 Å². The molecular weight excluding hydrogens is 390 g/mol. The van der Waals surface area contributed by atoms with Crippen LogP contribution in [-0.2, 0) is 9.59 Å². The highest BCUT2D eigenvalue weighted by molar-refractivity contribution is 7.19. The molecule has 2 aromatic rings. The fourth-order valence-electron chi connectivity index (χ4n) is 3.32. The third kappa shape index (κ3) is 3.99. The summed E-state index contributed by atoms with van der Waals surface area (Å²) >= 11 is 7.36. The van der Waals surface area contributed by atoms with E-state index in [1.165, 1.54) is 28.0 Å². The van der Waals surface area contributed by atoms with Crippen molar-refractivity contribution in [1.29, 1.82) is 0 Å². The van der Waals surface area contributed by atoms with E-state index in [-0.39, 0.29) is 30.7 Å². The van der Waals surface area contributed by atoms with Crippen LogP contribution in [0.5, 0.6) is 0 Å². The summed E-state index contributed by atoms with van der Waals surface area (Å²) in [6.45, 7) is 3.95. The Kier molecular flexibility index (Phi) is 5.83. The zero-order chi connectivity index (χ0) is 19.7. The molecule has 1 aliphatic heterocycles. The first-order valence-corrected chi connectivity index (χ1v) is 9.89. The summed E-state index contributed by atoms with van der Waals surface area (Å²) in [4.78, 5) is 27.7. The third-order valence-electron chi connectivity index (χ3n) is 4.62. The van der Waals surface area contributed by atoms with Crippen LogP contribution >= 0.6 is 22.9 Å². The van der Waals surface area contributed by atoms with E-state index in [0.29, 0.717) is 10.0 Å². The molecule has 0 spiro atoms. The third-order valence-corrected chi connectivity index (χ3v) is 5.87. The van der Waals surface area contributed by atoms with Gasteiger partial charge in [-0.2, -0.15) is 0 Å². The maximum Gasteiger partial charge on any atom is 0.248 e. The Morgan fingerprint density at radius 2 is 2.15 bits per heavy atom. The van der Waals surface area contributed by atoms with Crippen LogP contribution in [0.15, 0.2) is 18.3 Å². The molecule has 8 nitrogen and oxygen atoms in total. The van der Waals surface area contributed by atoms with Gasteiger partial charge in [0, 0.05) is 20.0 Å². The number of rotatable bonds is 5. The normalized spacial score (nSPS) is 20.9. The van der Waals surface area contributed by atoms with Gasteiger partial charge in [-0.1, -0.05) is 30.7 Å². The largest absolute Gasteiger partial charge is 0.391 e. The number of aliphatic hydroxyl groups is 1. The number of aromatic nitrogens is 3. The number of likely N-dealkylation sites (N-methyl/N-ethyl adjacent to an activating group) is 1. The van der Waals surface area contributed by atoms with E-state index in [2.05, 4.69) is 15.6 Å². The number of amides is 2. The standard InChI is InChI=1S/C17H22ClN5O3S/c1-9(2)15(17(26)22-7-10(24)6-12(22)16(25)19-3)23-8-11(20-21-23)13-4-5-14(18)27-13/h4-5,8-10,12,15,24H,6-7H2,1-3H3,(H,19,25)/t10?,12?,15-/m0/s1. The Labute approximate surface area is 166 Å². The van der Waals surface area contributed by atoms with Crippen molar-refractivity contribution in [2.75, 3.05) is 13.6 Å². The van der Waals surface area contributed by atoms with Gasteiger partial charge in [0.2, 0.25) is 11.8 Å². The second-order valence-electron chi connectivity index (χ2n) is 6.89. The number of hydrogen-bond acceptors (Lipinski definition) is 6. The smallest absolute Gasteiger partial charge is 0.248 e. The maximum atomic E-state index is 13.2. The number of aliphatic hydroxyl groups excluding tert-OH is 1. The van der Waals surface area contributed by atoms with Gasteiger partial charge in [0.25, 0.3) is 0 Å². The molecular formula is C17H22ClN5O3S. The quantitative estimate of drug-likeness (QED) is 0.777. The number of hydrogen-bond donors (Lipinski definition) is 2. The molecule has 1 fully saturated rings. The van der Waals surface area contributed by atoms with Crippen LogP contribution in [0, 0.1) is 5.92 Å². The van der Waals surface area contributed by atoms with Crippen LogP contribution < -0.4 is 5.32 Å². The van der Waals surface area contributed by atoms with Crippen molar-refractivity contribution in [3.63, 3.8) is 0 Å². The van der Waals surface area contributed by atoms with Crippen LogP contribution in [0.2, 0.25) is 4.34 Å². The number of thiophene rings is 1. The molecule has 0 radical (unpaired) electrons. The number of nitrogens with one attached hydrogen (secondary N) is 1. The van der Waals surface area contributed by atoms with Gasteiger partial charge in [-0.15, -0.1) is 16.4 Å². The Hall–Kier alpha value is -1.97. The molecule has 10 heteroatoms. The van der Waals surface area contributed by atoms with Crippen LogP contribution in [0.1, 0.15) is 26.3 Å². The predicted octanol–water partition coefficient (Wildman–Crippen LogP) is 1.56. The predicted molar refractivity (Wildman–Crippen MR) is 102 cm³/mol. The Morgan fingerprint density at radius 1 is 1.41 bits per heavy atom. The molecule has 3 rings (SSSR count). The van der Waals surface area contributed by atoms with Crippen LogP contribution in [-0.4, -0.2) is 62.6 Å². The van der Waals surface area contributed by atoms with Gasteiger partial charge in [0.05, 0.1) is 21.5 Å². The van der Waals surface area contributed by atoms with Crippen LogP contribution in [0.25, 0.3) is 10.6 Å². The van der Waals surface area contributed by atoms with Crippen molar-refractivity contribution in [2.24, 2.45) is 5.92 Å². The molecule has 0 saturated carbocycles. The minimum Gasteiger partial charge on any atom is -0.391 e. The topological polar surface area (TPSA) is 100 Å². The fraction of sp³-hybridized carbons (Fsp3) is 0.529. The number of nitrogens with zero attached hydrogens (tertiary/aromatic N) is 4.